The summed E-state index contributed by atoms with van der Waals surface area (Å²) in [5.41, 5.74) is 0. The molecular weight excluding hydrogens is 264 g/mol. The van der Waals surface area contributed by atoms with Crippen LogP contribution in [0.4, 0.5) is 0 Å². The number of hydrogen-bond donors (Lipinski definition) is 0. The molecule has 0 aliphatic heterocycles. The Bertz CT molecular complexity index is 315. The van der Waals surface area contributed by atoms with Crippen molar-refractivity contribution in [2.75, 3.05) is 0 Å². The Morgan fingerprint density at radius 3 is 2.30 bits per heavy atom. The molecule has 0 radical (unpaired) electrons. The monoisotopic (exact) mass is 296 g/mol. The van der Waals surface area contributed by atoms with Crippen molar-refractivity contribution in [3.8, 4) is 0 Å². The number of esters is 1. The average molecular weight is 297 g/mol. The van der Waals surface area contributed by atoms with Gasteiger partial charge in [0, 0.05) is 10.2 Å². The van der Waals surface area contributed by atoms with Crippen molar-refractivity contribution in [2.45, 2.75) is 89.2 Å². The fourth-order valence-corrected chi connectivity index (χ4v) is 5.20. The van der Waals surface area contributed by atoms with Gasteiger partial charge < -0.3 is 4.74 Å². The second kappa shape index (κ2) is 7.10. The Balaban J connectivity index is 2.01. The third kappa shape index (κ3) is 3.66. The molecule has 20 heavy (non-hydrogen) atoms. The molecule has 2 aliphatic rings. The molecule has 116 valence electrons. The van der Waals surface area contributed by atoms with Crippen LogP contribution in [0, 0.1) is 11.8 Å². The molecule has 0 spiro atoms. The molecule has 2 nitrogen and oxygen atoms in total. The van der Waals surface area contributed by atoms with E-state index in [-0.39, 0.29) is 17.1 Å². The molecule has 2 atom stereocenters. The number of carbonyl (C=O) groups excluding carboxylic acids is 1. The summed E-state index contributed by atoms with van der Waals surface area (Å²) in [4.78, 5) is 12.7. The van der Waals surface area contributed by atoms with Crippen molar-refractivity contribution < 1.29 is 9.53 Å². The molecule has 0 aromatic heterocycles. The smallest absolute Gasteiger partial charge is 0.308 e. The topological polar surface area (TPSA) is 26.3 Å². The Hall–Kier alpha value is -0.313. The minimum absolute atomic E-state index is 0.126. The lowest BCUT2D eigenvalue weighted by molar-refractivity contribution is -0.154. The van der Waals surface area contributed by atoms with E-state index in [2.05, 4.69) is 13.8 Å². The number of carbonyl (C=O) groups is 1. The molecule has 0 aromatic carbocycles. The fraction of sp³-hybridized carbons (Fsp3) is 0.941. The van der Waals surface area contributed by atoms with E-state index in [0.29, 0.717) is 5.92 Å². The zero-order valence-electron chi connectivity index (χ0n) is 13.6. The maximum Gasteiger partial charge on any atom is 0.308 e. The van der Waals surface area contributed by atoms with E-state index in [1.807, 2.05) is 0 Å². The van der Waals surface area contributed by atoms with Crippen LogP contribution in [0.1, 0.15) is 78.1 Å². The summed E-state index contributed by atoms with van der Waals surface area (Å²) in [7, 11) is 0.921. The maximum absolute atomic E-state index is 12.7. The lowest BCUT2D eigenvalue weighted by Gasteiger charge is -2.37. The van der Waals surface area contributed by atoms with Gasteiger partial charge >= 0.3 is 5.97 Å². The van der Waals surface area contributed by atoms with Gasteiger partial charge in [0.15, 0.2) is 0 Å². The lowest BCUT2D eigenvalue weighted by Crippen LogP contribution is -2.36. The average Bonchev–Trinajstić information content (AvgIpc) is 3.08. The van der Waals surface area contributed by atoms with E-state index in [9.17, 15) is 4.79 Å². The number of ether oxygens (including phenoxy) is 1. The Labute approximate surface area is 127 Å². The molecule has 2 fully saturated rings. The second-order valence-electron chi connectivity index (χ2n) is 7.47. The van der Waals surface area contributed by atoms with Gasteiger partial charge in [-0.3, -0.25) is 4.79 Å². The lowest BCUT2D eigenvalue weighted by atomic mass is 9.77. The van der Waals surface area contributed by atoms with Crippen molar-refractivity contribution in [2.24, 2.45) is 11.8 Å². The number of hydrogen-bond acceptors (Lipinski definition) is 2. The zero-order chi connectivity index (χ0) is 14.6. The van der Waals surface area contributed by atoms with E-state index in [0.717, 1.165) is 29.0 Å². The van der Waals surface area contributed by atoms with Gasteiger partial charge in [0.2, 0.25) is 0 Å². The first kappa shape index (κ1) is 16.1. The largest absolute Gasteiger partial charge is 0.462 e. The van der Waals surface area contributed by atoms with Crippen molar-refractivity contribution >= 4 is 16.2 Å². The van der Waals surface area contributed by atoms with E-state index < -0.39 is 0 Å². The van der Waals surface area contributed by atoms with E-state index in [1.165, 1.54) is 51.4 Å². The summed E-state index contributed by atoms with van der Waals surface area (Å²) >= 11 is 0. The van der Waals surface area contributed by atoms with Crippen LogP contribution in [-0.2, 0) is 9.53 Å². The standard InChI is InChI=1S/C17H32O2Si/c1-3-8-15(13-9-4-5-10-13)17(2,20)16(18)19-14-11-6-7-12-14/h13-15H,3-12H2,1-2,20H3. The molecule has 0 bridgehead atoms. The minimum atomic E-state index is -0.173. The van der Waals surface area contributed by atoms with Crippen LogP contribution in [0.5, 0.6) is 0 Å². The first-order valence-electron chi connectivity index (χ1n) is 8.76. The van der Waals surface area contributed by atoms with Crippen molar-refractivity contribution in [3.05, 3.63) is 0 Å². The first-order chi connectivity index (χ1) is 9.55. The van der Waals surface area contributed by atoms with Crippen LogP contribution in [-0.4, -0.2) is 22.3 Å². The van der Waals surface area contributed by atoms with Gasteiger partial charge in [-0.1, -0.05) is 46.0 Å². The van der Waals surface area contributed by atoms with Crippen LogP contribution in [0.3, 0.4) is 0 Å². The summed E-state index contributed by atoms with van der Waals surface area (Å²) in [5, 5.41) is -0.173. The highest BCUT2D eigenvalue weighted by atomic mass is 28.1. The van der Waals surface area contributed by atoms with E-state index >= 15 is 0 Å². The predicted molar refractivity (Wildman–Crippen MR) is 87.0 cm³/mol. The van der Waals surface area contributed by atoms with Gasteiger partial charge in [-0.15, -0.1) is 0 Å². The van der Waals surface area contributed by atoms with Crippen molar-refractivity contribution in [1.82, 2.24) is 0 Å². The summed E-state index contributed by atoms with van der Waals surface area (Å²) in [6, 6.07) is 0. The van der Waals surface area contributed by atoms with Crippen LogP contribution in [0.25, 0.3) is 0 Å². The third-order valence-corrected chi connectivity index (χ3v) is 6.75. The minimum Gasteiger partial charge on any atom is -0.462 e. The zero-order valence-corrected chi connectivity index (χ0v) is 15.6. The molecular formula is C17H32O2Si. The third-order valence-electron chi connectivity index (χ3n) is 5.60. The predicted octanol–water partition coefficient (Wildman–Crippen LogP) is 3.62. The molecule has 2 unspecified atom stereocenters. The quantitative estimate of drug-likeness (QED) is 0.553. The Morgan fingerprint density at radius 1 is 1.20 bits per heavy atom. The summed E-state index contributed by atoms with van der Waals surface area (Å²) in [5.74, 6) is 1.46. The molecule has 0 N–H and O–H groups in total. The normalized spacial score (nSPS) is 25.7. The van der Waals surface area contributed by atoms with Gasteiger partial charge in [-0.05, 0) is 43.9 Å². The van der Waals surface area contributed by atoms with Gasteiger partial charge in [-0.2, -0.15) is 0 Å². The summed E-state index contributed by atoms with van der Waals surface area (Å²) in [6.45, 7) is 4.44. The SMILES string of the molecule is CCCC(C1CCCC1)C(C)([SiH3])C(=O)OC1CCCC1. The fourth-order valence-electron chi connectivity index (χ4n) is 4.32. The van der Waals surface area contributed by atoms with Crippen LogP contribution in [0.2, 0.25) is 5.04 Å². The molecule has 2 rings (SSSR count). The van der Waals surface area contributed by atoms with Crippen LogP contribution < -0.4 is 0 Å². The van der Waals surface area contributed by atoms with E-state index in [1.54, 1.807) is 0 Å². The maximum atomic E-state index is 12.7. The molecule has 0 saturated heterocycles. The highest BCUT2D eigenvalue weighted by molar-refractivity contribution is 6.27. The van der Waals surface area contributed by atoms with Gasteiger partial charge in [0.05, 0.1) is 5.04 Å². The summed E-state index contributed by atoms with van der Waals surface area (Å²) in [6.07, 6.45) is 12.6. The van der Waals surface area contributed by atoms with Crippen molar-refractivity contribution in [1.29, 1.82) is 0 Å². The highest BCUT2D eigenvalue weighted by Crippen LogP contribution is 2.47. The second-order valence-corrected chi connectivity index (χ2v) is 9.55. The van der Waals surface area contributed by atoms with Crippen LogP contribution >= 0.6 is 0 Å². The molecule has 2 saturated carbocycles. The molecule has 0 heterocycles. The van der Waals surface area contributed by atoms with Crippen molar-refractivity contribution in [3.63, 3.8) is 0 Å². The molecule has 0 aromatic rings. The van der Waals surface area contributed by atoms with Gasteiger partial charge in [0.25, 0.3) is 0 Å². The Kier molecular flexibility index (Phi) is 5.71. The van der Waals surface area contributed by atoms with E-state index in [4.69, 9.17) is 4.74 Å². The molecule has 2 aliphatic carbocycles. The van der Waals surface area contributed by atoms with Gasteiger partial charge in [0.1, 0.15) is 6.10 Å². The van der Waals surface area contributed by atoms with Gasteiger partial charge in [-0.25, -0.2) is 0 Å². The molecule has 0 amide bonds. The van der Waals surface area contributed by atoms with Crippen LogP contribution in [0.15, 0.2) is 0 Å². The summed E-state index contributed by atoms with van der Waals surface area (Å²) < 4.78 is 5.86. The Morgan fingerprint density at radius 2 is 1.75 bits per heavy atom. The molecule has 3 heteroatoms. The number of rotatable bonds is 6. The first-order valence-corrected chi connectivity index (χ1v) is 9.76. The highest BCUT2D eigenvalue weighted by Gasteiger charge is 2.43.